The van der Waals surface area contributed by atoms with E-state index < -0.39 is 0 Å². The fourth-order valence-electron chi connectivity index (χ4n) is 1.85. The molecule has 92 valence electrons. The van der Waals surface area contributed by atoms with Gasteiger partial charge >= 0.3 is 0 Å². The summed E-state index contributed by atoms with van der Waals surface area (Å²) in [6.45, 7) is 0.735. The molecule has 5 heteroatoms. The molecule has 17 heavy (non-hydrogen) atoms. The van der Waals surface area contributed by atoms with Crippen LogP contribution in [0, 0.1) is 5.92 Å². The van der Waals surface area contributed by atoms with Crippen molar-refractivity contribution >= 4 is 11.7 Å². The first-order valence-electron chi connectivity index (χ1n) is 6.09. The molecule has 1 amide bonds. The van der Waals surface area contributed by atoms with E-state index in [4.69, 9.17) is 0 Å². The highest BCUT2D eigenvalue weighted by molar-refractivity contribution is 5.92. The van der Waals surface area contributed by atoms with E-state index in [1.807, 2.05) is 0 Å². The molecule has 2 rings (SSSR count). The van der Waals surface area contributed by atoms with Gasteiger partial charge in [-0.2, -0.15) is 0 Å². The summed E-state index contributed by atoms with van der Waals surface area (Å²) < 4.78 is 0. The van der Waals surface area contributed by atoms with Crippen LogP contribution in [0.5, 0.6) is 0 Å². The maximum atomic E-state index is 11.7. The monoisotopic (exact) mass is 234 g/mol. The van der Waals surface area contributed by atoms with Crippen molar-refractivity contribution < 1.29 is 4.79 Å². The Kier molecular flexibility index (Phi) is 3.90. The van der Waals surface area contributed by atoms with E-state index in [0.717, 1.165) is 18.9 Å². The van der Waals surface area contributed by atoms with Gasteiger partial charge in [0.15, 0.2) is 5.69 Å². The highest BCUT2D eigenvalue weighted by Gasteiger charge is 2.17. The zero-order valence-corrected chi connectivity index (χ0v) is 10.1. The number of rotatable bonds is 5. The van der Waals surface area contributed by atoms with Gasteiger partial charge in [0.1, 0.15) is 5.82 Å². The fourth-order valence-corrected chi connectivity index (χ4v) is 1.85. The molecule has 0 radical (unpaired) electrons. The lowest BCUT2D eigenvalue weighted by atomic mass is 9.83. The summed E-state index contributed by atoms with van der Waals surface area (Å²) >= 11 is 0. The number of anilines is 1. The van der Waals surface area contributed by atoms with Crippen LogP contribution in [0.25, 0.3) is 0 Å². The van der Waals surface area contributed by atoms with Gasteiger partial charge in [-0.3, -0.25) is 4.79 Å². The average molecular weight is 234 g/mol. The van der Waals surface area contributed by atoms with Crippen LogP contribution in [0.2, 0.25) is 0 Å². The Morgan fingerprint density at radius 2 is 2.24 bits per heavy atom. The SMILES string of the molecule is CNc1ccc(C(=O)NCCC2CCC2)nn1. The maximum absolute atomic E-state index is 11.7. The highest BCUT2D eigenvalue weighted by Crippen LogP contribution is 2.28. The first kappa shape index (κ1) is 11.8. The molecule has 1 saturated carbocycles. The number of hydrogen-bond acceptors (Lipinski definition) is 4. The van der Waals surface area contributed by atoms with Gasteiger partial charge in [-0.15, -0.1) is 10.2 Å². The van der Waals surface area contributed by atoms with Crippen LogP contribution in [-0.2, 0) is 0 Å². The third kappa shape index (κ3) is 3.15. The summed E-state index contributed by atoms with van der Waals surface area (Å²) in [5.41, 5.74) is 0.373. The van der Waals surface area contributed by atoms with Crippen LogP contribution >= 0.6 is 0 Å². The van der Waals surface area contributed by atoms with Crippen molar-refractivity contribution in [3.63, 3.8) is 0 Å². The van der Waals surface area contributed by atoms with Gasteiger partial charge in [0.2, 0.25) is 0 Å². The van der Waals surface area contributed by atoms with Crippen LogP contribution in [0.3, 0.4) is 0 Å². The Labute approximate surface area is 101 Å². The lowest BCUT2D eigenvalue weighted by Crippen LogP contribution is -2.28. The van der Waals surface area contributed by atoms with Crippen LogP contribution in [0.4, 0.5) is 5.82 Å². The molecule has 0 spiro atoms. The number of aromatic nitrogens is 2. The molecule has 1 fully saturated rings. The molecule has 2 N–H and O–H groups in total. The third-order valence-corrected chi connectivity index (χ3v) is 3.22. The largest absolute Gasteiger partial charge is 0.372 e. The Morgan fingerprint density at radius 1 is 1.41 bits per heavy atom. The molecule has 0 aromatic carbocycles. The molecule has 0 aliphatic heterocycles. The standard InChI is InChI=1S/C12H18N4O/c1-13-11-6-5-10(15-16-11)12(17)14-8-7-9-3-2-4-9/h5-6,9H,2-4,7-8H2,1H3,(H,13,16)(H,14,17). The number of amides is 1. The molecule has 5 nitrogen and oxygen atoms in total. The lowest BCUT2D eigenvalue weighted by Gasteiger charge is -2.25. The molecule has 1 aliphatic rings. The predicted octanol–water partition coefficient (Wildman–Crippen LogP) is 1.44. The van der Waals surface area contributed by atoms with E-state index in [1.54, 1.807) is 19.2 Å². The first-order valence-corrected chi connectivity index (χ1v) is 6.09. The summed E-state index contributed by atoms with van der Waals surface area (Å²) in [5.74, 6) is 1.34. The van der Waals surface area contributed by atoms with Crippen molar-refractivity contribution in [3.8, 4) is 0 Å². The lowest BCUT2D eigenvalue weighted by molar-refractivity contribution is 0.0943. The second-order valence-corrected chi connectivity index (χ2v) is 4.40. The van der Waals surface area contributed by atoms with E-state index in [1.165, 1.54) is 19.3 Å². The molecule has 1 aliphatic carbocycles. The van der Waals surface area contributed by atoms with Gasteiger partial charge in [0.05, 0.1) is 0 Å². The average Bonchev–Trinajstić information content (AvgIpc) is 2.32. The van der Waals surface area contributed by atoms with Crippen LogP contribution < -0.4 is 10.6 Å². The third-order valence-electron chi connectivity index (χ3n) is 3.22. The molecule has 1 aromatic heterocycles. The van der Waals surface area contributed by atoms with Crippen molar-refractivity contribution in [2.75, 3.05) is 18.9 Å². The number of nitrogens with one attached hydrogen (secondary N) is 2. The van der Waals surface area contributed by atoms with E-state index in [-0.39, 0.29) is 5.91 Å². The molecule has 0 atom stereocenters. The van der Waals surface area contributed by atoms with Crippen molar-refractivity contribution in [3.05, 3.63) is 17.8 Å². The van der Waals surface area contributed by atoms with Crippen molar-refractivity contribution in [1.82, 2.24) is 15.5 Å². The number of hydrogen-bond donors (Lipinski definition) is 2. The second kappa shape index (κ2) is 5.61. The van der Waals surface area contributed by atoms with Gasteiger partial charge in [0, 0.05) is 13.6 Å². The molecule has 0 unspecified atom stereocenters. The number of carbonyl (C=O) groups is 1. The smallest absolute Gasteiger partial charge is 0.271 e. The van der Waals surface area contributed by atoms with Gasteiger partial charge in [-0.1, -0.05) is 19.3 Å². The quantitative estimate of drug-likeness (QED) is 0.809. The minimum Gasteiger partial charge on any atom is -0.372 e. The molecule has 0 saturated heterocycles. The topological polar surface area (TPSA) is 66.9 Å². The van der Waals surface area contributed by atoms with Gasteiger partial charge in [0.25, 0.3) is 5.91 Å². The van der Waals surface area contributed by atoms with Gasteiger partial charge in [-0.05, 0) is 24.5 Å². The Morgan fingerprint density at radius 3 is 2.76 bits per heavy atom. The zero-order valence-electron chi connectivity index (χ0n) is 10.1. The van der Waals surface area contributed by atoms with E-state index in [0.29, 0.717) is 11.5 Å². The number of carbonyl (C=O) groups excluding carboxylic acids is 1. The van der Waals surface area contributed by atoms with Crippen molar-refractivity contribution in [2.24, 2.45) is 5.92 Å². The van der Waals surface area contributed by atoms with E-state index in [9.17, 15) is 4.79 Å². The summed E-state index contributed by atoms with van der Waals surface area (Å²) in [6.07, 6.45) is 5.04. The molecule has 1 heterocycles. The fraction of sp³-hybridized carbons (Fsp3) is 0.583. The normalized spacial score (nSPS) is 15.1. The Balaban J connectivity index is 1.77. The Bertz CT molecular complexity index is 373. The minimum absolute atomic E-state index is 0.139. The first-order chi connectivity index (χ1) is 8.29. The summed E-state index contributed by atoms with van der Waals surface area (Å²) in [5, 5.41) is 13.5. The van der Waals surface area contributed by atoms with Gasteiger partial charge < -0.3 is 10.6 Å². The molecular weight excluding hydrogens is 216 g/mol. The van der Waals surface area contributed by atoms with Crippen LogP contribution in [-0.4, -0.2) is 29.7 Å². The summed E-state index contributed by atoms with van der Waals surface area (Å²) in [6, 6.07) is 3.42. The van der Waals surface area contributed by atoms with Crippen LogP contribution in [0.1, 0.15) is 36.2 Å². The van der Waals surface area contributed by atoms with E-state index in [2.05, 4.69) is 20.8 Å². The van der Waals surface area contributed by atoms with Crippen molar-refractivity contribution in [1.29, 1.82) is 0 Å². The van der Waals surface area contributed by atoms with E-state index >= 15 is 0 Å². The zero-order chi connectivity index (χ0) is 12.1. The molecule has 1 aromatic rings. The molecular formula is C12H18N4O. The predicted molar refractivity (Wildman–Crippen MR) is 65.9 cm³/mol. The minimum atomic E-state index is -0.139. The molecule has 0 bridgehead atoms. The second-order valence-electron chi connectivity index (χ2n) is 4.40. The summed E-state index contributed by atoms with van der Waals surface area (Å²) in [4.78, 5) is 11.7. The Hall–Kier alpha value is -1.65. The summed E-state index contributed by atoms with van der Waals surface area (Å²) in [7, 11) is 1.77. The number of nitrogens with zero attached hydrogens (tertiary/aromatic N) is 2. The van der Waals surface area contributed by atoms with Crippen LogP contribution in [0.15, 0.2) is 12.1 Å². The maximum Gasteiger partial charge on any atom is 0.271 e. The van der Waals surface area contributed by atoms with Crippen molar-refractivity contribution in [2.45, 2.75) is 25.7 Å². The van der Waals surface area contributed by atoms with Gasteiger partial charge in [-0.25, -0.2) is 0 Å². The highest BCUT2D eigenvalue weighted by atomic mass is 16.1.